The van der Waals surface area contributed by atoms with Gasteiger partial charge >= 0.3 is 0 Å². The van der Waals surface area contributed by atoms with Crippen LogP contribution in [0.2, 0.25) is 0 Å². The van der Waals surface area contributed by atoms with E-state index in [9.17, 15) is 0 Å². The van der Waals surface area contributed by atoms with Crippen LogP contribution in [-0.4, -0.2) is 38.6 Å². The third-order valence-electron chi connectivity index (χ3n) is 2.16. The van der Waals surface area contributed by atoms with E-state index >= 15 is 0 Å². The molecular weight excluding hydrogens is 124 g/mol. The van der Waals surface area contributed by atoms with Crippen LogP contribution in [0.5, 0.6) is 0 Å². The van der Waals surface area contributed by atoms with E-state index in [0.29, 0.717) is 6.04 Å². The summed E-state index contributed by atoms with van der Waals surface area (Å²) in [5.74, 6) is 0.722. The molecule has 0 aromatic heterocycles. The molecule has 0 saturated carbocycles. The second-order valence-corrected chi connectivity index (χ2v) is 3.24. The van der Waals surface area contributed by atoms with Gasteiger partial charge in [0, 0.05) is 6.04 Å². The maximum atomic E-state index is 3.18. The molecule has 0 radical (unpaired) electrons. The number of hydrogen-bond acceptors (Lipinski definition) is 2. The van der Waals surface area contributed by atoms with Crippen molar-refractivity contribution in [2.24, 2.45) is 5.92 Å². The van der Waals surface area contributed by atoms with E-state index in [1.165, 1.54) is 0 Å². The van der Waals surface area contributed by atoms with Crippen molar-refractivity contribution in [1.29, 1.82) is 0 Å². The Bertz CT molecular complexity index is 81.3. The predicted molar refractivity (Wildman–Crippen MR) is 46.2 cm³/mol. The fourth-order valence-electron chi connectivity index (χ4n) is 1.00. The third kappa shape index (κ3) is 3.18. The molecule has 2 unspecified atom stereocenters. The highest BCUT2D eigenvalue weighted by Gasteiger charge is 2.12. The quantitative estimate of drug-likeness (QED) is 0.627. The molecule has 0 aliphatic heterocycles. The number of nitrogens with one attached hydrogen (secondary N) is 1. The van der Waals surface area contributed by atoms with Gasteiger partial charge in [-0.3, -0.25) is 0 Å². The zero-order valence-corrected chi connectivity index (χ0v) is 7.81. The number of nitrogens with zero attached hydrogens (tertiary/aromatic N) is 1. The molecule has 0 fully saturated rings. The summed E-state index contributed by atoms with van der Waals surface area (Å²) >= 11 is 0. The molecule has 0 aromatic rings. The van der Waals surface area contributed by atoms with Gasteiger partial charge in [-0.15, -0.1) is 0 Å². The molecule has 1 N–H and O–H groups in total. The highest BCUT2D eigenvalue weighted by atomic mass is 15.1. The average molecular weight is 144 g/mol. The minimum atomic E-state index is 0.660. The van der Waals surface area contributed by atoms with Gasteiger partial charge in [0.25, 0.3) is 0 Å². The predicted octanol–water partition coefficient (Wildman–Crippen LogP) is 0.792. The Morgan fingerprint density at radius 1 is 1.30 bits per heavy atom. The van der Waals surface area contributed by atoms with Crippen molar-refractivity contribution in [1.82, 2.24) is 10.2 Å². The Morgan fingerprint density at radius 2 is 1.80 bits per heavy atom. The fraction of sp³-hybridized carbons (Fsp3) is 1.00. The largest absolute Gasteiger partial charge is 0.319 e. The normalized spacial score (nSPS) is 17.4. The van der Waals surface area contributed by atoms with E-state index in [1.54, 1.807) is 0 Å². The molecule has 62 valence electrons. The number of rotatable bonds is 4. The summed E-state index contributed by atoms with van der Waals surface area (Å²) in [7, 11) is 6.24. The lowest BCUT2D eigenvalue weighted by molar-refractivity contribution is 0.237. The van der Waals surface area contributed by atoms with Crippen molar-refractivity contribution >= 4 is 0 Å². The molecule has 2 heteroatoms. The minimum absolute atomic E-state index is 0.660. The van der Waals surface area contributed by atoms with Crippen LogP contribution >= 0.6 is 0 Å². The van der Waals surface area contributed by atoms with Crippen molar-refractivity contribution < 1.29 is 0 Å². The molecule has 0 rings (SSSR count). The standard InChI is InChI=1S/C8H20N2/c1-7(6-9-3)8(2)10(4)5/h7-9H,6H2,1-5H3. The Morgan fingerprint density at radius 3 is 2.10 bits per heavy atom. The van der Waals surface area contributed by atoms with Crippen molar-refractivity contribution in [2.75, 3.05) is 27.7 Å². The lowest BCUT2D eigenvalue weighted by Gasteiger charge is -2.25. The maximum Gasteiger partial charge on any atom is 0.00985 e. The van der Waals surface area contributed by atoms with Crippen molar-refractivity contribution in [3.63, 3.8) is 0 Å². The van der Waals surface area contributed by atoms with E-state index in [4.69, 9.17) is 0 Å². The third-order valence-corrected chi connectivity index (χ3v) is 2.16. The molecule has 0 spiro atoms. The summed E-state index contributed by atoms with van der Waals surface area (Å²) in [6.07, 6.45) is 0. The topological polar surface area (TPSA) is 15.3 Å². The van der Waals surface area contributed by atoms with Crippen LogP contribution in [0, 0.1) is 5.92 Å². The minimum Gasteiger partial charge on any atom is -0.319 e. The molecule has 0 amide bonds. The van der Waals surface area contributed by atoms with Crippen LogP contribution in [-0.2, 0) is 0 Å². The summed E-state index contributed by atoms with van der Waals surface area (Å²) in [6, 6.07) is 0.660. The van der Waals surface area contributed by atoms with Gasteiger partial charge in [-0.25, -0.2) is 0 Å². The fourth-order valence-corrected chi connectivity index (χ4v) is 1.00. The molecule has 10 heavy (non-hydrogen) atoms. The van der Waals surface area contributed by atoms with Gasteiger partial charge in [-0.2, -0.15) is 0 Å². The second kappa shape index (κ2) is 4.69. The summed E-state index contributed by atoms with van der Waals surface area (Å²) in [5.41, 5.74) is 0. The Balaban J connectivity index is 3.58. The van der Waals surface area contributed by atoms with Crippen LogP contribution in [0.1, 0.15) is 13.8 Å². The zero-order valence-electron chi connectivity index (χ0n) is 7.81. The summed E-state index contributed by atoms with van der Waals surface area (Å²) in [6.45, 7) is 5.61. The second-order valence-electron chi connectivity index (χ2n) is 3.24. The Kier molecular flexibility index (Phi) is 4.65. The first-order valence-corrected chi connectivity index (χ1v) is 3.90. The SMILES string of the molecule is CNCC(C)C(C)N(C)C. The molecule has 0 heterocycles. The van der Waals surface area contributed by atoms with Crippen LogP contribution in [0.3, 0.4) is 0 Å². The van der Waals surface area contributed by atoms with Gasteiger partial charge in [0.05, 0.1) is 0 Å². The lowest BCUT2D eigenvalue weighted by Crippen LogP contribution is -2.35. The van der Waals surface area contributed by atoms with Crippen LogP contribution in [0.25, 0.3) is 0 Å². The van der Waals surface area contributed by atoms with Crippen LogP contribution in [0.4, 0.5) is 0 Å². The van der Waals surface area contributed by atoms with E-state index in [1.807, 2.05) is 7.05 Å². The Hall–Kier alpha value is -0.0800. The van der Waals surface area contributed by atoms with Gasteiger partial charge in [-0.1, -0.05) is 6.92 Å². The zero-order chi connectivity index (χ0) is 8.15. The molecule has 0 saturated heterocycles. The first-order chi connectivity index (χ1) is 4.59. The average Bonchev–Trinajstić information content (AvgIpc) is 1.87. The molecule has 0 aliphatic carbocycles. The molecule has 2 atom stereocenters. The maximum absolute atomic E-state index is 3.18. The van der Waals surface area contributed by atoms with Crippen molar-refractivity contribution in [2.45, 2.75) is 19.9 Å². The first kappa shape index (κ1) is 9.92. The molecule has 0 aromatic carbocycles. The van der Waals surface area contributed by atoms with Gasteiger partial charge in [-0.05, 0) is 40.5 Å². The van der Waals surface area contributed by atoms with Gasteiger partial charge in [0.1, 0.15) is 0 Å². The summed E-state index contributed by atoms with van der Waals surface area (Å²) < 4.78 is 0. The van der Waals surface area contributed by atoms with Gasteiger partial charge in [0.15, 0.2) is 0 Å². The smallest absolute Gasteiger partial charge is 0.00985 e. The highest BCUT2D eigenvalue weighted by molar-refractivity contribution is 4.68. The van der Waals surface area contributed by atoms with E-state index in [0.717, 1.165) is 12.5 Å². The molecule has 2 nitrogen and oxygen atoms in total. The lowest BCUT2D eigenvalue weighted by atomic mass is 10.0. The summed E-state index contributed by atoms with van der Waals surface area (Å²) in [5, 5.41) is 3.18. The van der Waals surface area contributed by atoms with E-state index < -0.39 is 0 Å². The number of hydrogen-bond donors (Lipinski definition) is 1. The Labute approximate surface area is 64.6 Å². The van der Waals surface area contributed by atoms with Gasteiger partial charge in [0.2, 0.25) is 0 Å². The van der Waals surface area contributed by atoms with Crippen LogP contribution in [0.15, 0.2) is 0 Å². The van der Waals surface area contributed by atoms with E-state index in [2.05, 4.69) is 38.2 Å². The first-order valence-electron chi connectivity index (χ1n) is 3.90. The monoisotopic (exact) mass is 144 g/mol. The van der Waals surface area contributed by atoms with Crippen molar-refractivity contribution in [3.05, 3.63) is 0 Å². The van der Waals surface area contributed by atoms with Crippen molar-refractivity contribution in [3.8, 4) is 0 Å². The molecule has 0 bridgehead atoms. The van der Waals surface area contributed by atoms with E-state index in [-0.39, 0.29) is 0 Å². The molecular formula is C8H20N2. The van der Waals surface area contributed by atoms with Crippen LogP contribution < -0.4 is 5.32 Å². The van der Waals surface area contributed by atoms with Gasteiger partial charge < -0.3 is 10.2 Å². The molecule has 0 aliphatic rings. The highest BCUT2D eigenvalue weighted by Crippen LogP contribution is 2.05. The summed E-state index contributed by atoms with van der Waals surface area (Å²) in [4.78, 5) is 2.25.